The number of hydrogen-bond acceptors (Lipinski definition) is 3. The van der Waals surface area contributed by atoms with Crippen LogP contribution in [0, 0.1) is 6.92 Å². The van der Waals surface area contributed by atoms with Gasteiger partial charge >= 0.3 is 0 Å². The van der Waals surface area contributed by atoms with Crippen LogP contribution in [0.5, 0.6) is 0 Å². The number of nitrogens with two attached hydrogens (primary N) is 1. The lowest BCUT2D eigenvalue weighted by molar-refractivity contribution is 0.600. The van der Waals surface area contributed by atoms with Gasteiger partial charge in [-0.15, -0.1) is 0 Å². The summed E-state index contributed by atoms with van der Waals surface area (Å²) < 4.78 is 27.2. The third-order valence-electron chi connectivity index (χ3n) is 2.93. The largest absolute Gasteiger partial charge is 0.326 e. The van der Waals surface area contributed by atoms with Crippen molar-refractivity contribution >= 4 is 15.7 Å². The Morgan fingerprint density at radius 1 is 1.05 bits per heavy atom. The van der Waals surface area contributed by atoms with Crippen LogP contribution in [0.15, 0.2) is 53.4 Å². The molecule has 0 atom stereocenters. The normalized spacial score (nSPS) is 11.3. The Labute approximate surface area is 113 Å². The molecule has 0 amide bonds. The summed E-state index contributed by atoms with van der Waals surface area (Å²) in [5.41, 5.74) is 7.66. The Kier molecular flexibility index (Phi) is 3.87. The minimum Gasteiger partial charge on any atom is -0.326 e. The molecule has 5 heteroatoms. The van der Waals surface area contributed by atoms with Gasteiger partial charge in [0.1, 0.15) is 0 Å². The second-order valence-corrected chi connectivity index (χ2v) is 5.87. The average molecular weight is 276 g/mol. The van der Waals surface area contributed by atoms with E-state index in [2.05, 4.69) is 4.72 Å². The minimum atomic E-state index is -3.58. The zero-order valence-electron chi connectivity index (χ0n) is 10.6. The molecule has 3 N–H and O–H groups in total. The topological polar surface area (TPSA) is 72.2 Å². The summed E-state index contributed by atoms with van der Waals surface area (Å²) >= 11 is 0. The third kappa shape index (κ3) is 2.94. The van der Waals surface area contributed by atoms with Crippen LogP contribution in [-0.4, -0.2) is 8.42 Å². The number of anilines is 1. The van der Waals surface area contributed by atoms with Crippen LogP contribution >= 0.6 is 0 Å². The molecule has 2 aromatic rings. The fraction of sp³-hybridized carbons (Fsp3) is 0.143. The lowest BCUT2D eigenvalue weighted by Crippen LogP contribution is -2.15. The van der Waals surface area contributed by atoms with Gasteiger partial charge in [0.25, 0.3) is 10.0 Å². The van der Waals surface area contributed by atoms with Gasteiger partial charge in [-0.3, -0.25) is 4.72 Å². The highest BCUT2D eigenvalue weighted by atomic mass is 32.2. The average Bonchev–Trinajstić information content (AvgIpc) is 2.39. The van der Waals surface area contributed by atoms with Crippen molar-refractivity contribution in [2.75, 3.05) is 4.72 Å². The first kappa shape index (κ1) is 13.6. The number of hydrogen-bond donors (Lipinski definition) is 2. The Bertz CT molecular complexity index is 667. The van der Waals surface area contributed by atoms with Gasteiger partial charge in [0, 0.05) is 12.2 Å². The molecule has 0 aromatic heterocycles. The monoisotopic (exact) mass is 276 g/mol. The van der Waals surface area contributed by atoms with E-state index in [-0.39, 0.29) is 4.90 Å². The molecule has 0 saturated heterocycles. The molecular formula is C14H16N2O2S. The van der Waals surface area contributed by atoms with Crippen LogP contribution in [0.2, 0.25) is 0 Å². The van der Waals surface area contributed by atoms with Crippen molar-refractivity contribution in [3.8, 4) is 0 Å². The van der Waals surface area contributed by atoms with Crippen LogP contribution in [-0.2, 0) is 16.6 Å². The van der Waals surface area contributed by atoms with E-state index in [1.54, 1.807) is 43.3 Å². The lowest BCUT2D eigenvalue weighted by Gasteiger charge is -2.12. The highest BCUT2D eigenvalue weighted by Crippen LogP contribution is 2.21. The van der Waals surface area contributed by atoms with Gasteiger partial charge in [-0.1, -0.05) is 30.3 Å². The Morgan fingerprint density at radius 2 is 1.74 bits per heavy atom. The van der Waals surface area contributed by atoms with E-state index < -0.39 is 10.0 Å². The molecule has 4 nitrogen and oxygen atoms in total. The molecule has 0 bridgehead atoms. The molecule has 0 unspecified atom stereocenters. The number of benzene rings is 2. The first-order valence-corrected chi connectivity index (χ1v) is 7.39. The quantitative estimate of drug-likeness (QED) is 0.899. The van der Waals surface area contributed by atoms with Crippen molar-refractivity contribution < 1.29 is 8.42 Å². The minimum absolute atomic E-state index is 0.263. The summed E-state index contributed by atoms with van der Waals surface area (Å²) in [6.07, 6.45) is 0. The van der Waals surface area contributed by atoms with Crippen molar-refractivity contribution in [3.63, 3.8) is 0 Å². The van der Waals surface area contributed by atoms with E-state index >= 15 is 0 Å². The Morgan fingerprint density at radius 3 is 2.37 bits per heavy atom. The standard InChI is InChI=1S/C14H16N2O2S/c1-11-12(10-15)6-5-9-14(11)19(17,18)16-13-7-3-2-4-8-13/h2-9,16H,10,15H2,1H3. The molecule has 2 rings (SSSR count). The predicted molar refractivity (Wildman–Crippen MR) is 76.3 cm³/mol. The SMILES string of the molecule is Cc1c(CN)cccc1S(=O)(=O)Nc1ccccc1. The fourth-order valence-corrected chi connectivity index (χ4v) is 3.24. The van der Waals surface area contributed by atoms with Gasteiger partial charge in [-0.05, 0) is 36.2 Å². The molecule has 19 heavy (non-hydrogen) atoms. The van der Waals surface area contributed by atoms with E-state index in [1.807, 2.05) is 12.1 Å². The summed E-state index contributed by atoms with van der Waals surface area (Å²) in [5, 5.41) is 0. The van der Waals surface area contributed by atoms with E-state index in [4.69, 9.17) is 5.73 Å². The highest BCUT2D eigenvalue weighted by Gasteiger charge is 2.17. The molecule has 0 aliphatic rings. The first-order chi connectivity index (χ1) is 9.04. The maximum atomic E-state index is 12.3. The molecule has 0 saturated carbocycles. The summed E-state index contributed by atoms with van der Waals surface area (Å²) in [6.45, 7) is 2.09. The molecule has 2 aromatic carbocycles. The third-order valence-corrected chi connectivity index (χ3v) is 4.46. The van der Waals surface area contributed by atoms with Crippen molar-refractivity contribution in [1.29, 1.82) is 0 Å². The van der Waals surface area contributed by atoms with Crippen LogP contribution in [0.3, 0.4) is 0 Å². The summed E-state index contributed by atoms with van der Waals surface area (Å²) in [4.78, 5) is 0.263. The highest BCUT2D eigenvalue weighted by molar-refractivity contribution is 7.92. The molecule has 0 heterocycles. The molecule has 0 spiro atoms. The molecule has 0 fully saturated rings. The summed E-state index contributed by atoms with van der Waals surface area (Å²) in [7, 11) is -3.58. The van der Waals surface area contributed by atoms with Gasteiger partial charge in [0.15, 0.2) is 0 Å². The first-order valence-electron chi connectivity index (χ1n) is 5.91. The molecule has 0 radical (unpaired) electrons. The van der Waals surface area contributed by atoms with Crippen LogP contribution in [0.1, 0.15) is 11.1 Å². The second-order valence-electron chi connectivity index (χ2n) is 4.22. The van der Waals surface area contributed by atoms with E-state index in [0.717, 1.165) is 5.56 Å². The van der Waals surface area contributed by atoms with E-state index in [0.29, 0.717) is 17.8 Å². The van der Waals surface area contributed by atoms with E-state index in [9.17, 15) is 8.42 Å². The maximum absolute atomic E-state index is 12.3. The number of rotatable bonds is 4. The molecule has 0 aliphatic heterocycles. The van der Waals surface area contributed by atoms with Gasteiger partial charge < -0.3 is 5.73 Å². The van der Waals surface area contributed by atoms with Crippen molar-refractivity contribution in [2.24, 2.45) is 5.73 Å². The summed E-state index contributed by atoms with van der Waals surface area (Å²) in [5.74, 6) is 0. The smallest absolute Gasteiger partial charge is 0.262 e. The van der Waals surface area contributed by atoms with Gasteiger partial charge in [0.2, 0.25) is 0 Å². The van der Waals surface area contributed by atoms with Gasteiger partial charge in [0.05, 0.1) is 4.90 Å². The van der Waals surface area contributed by atoms with Crippen LogP contribution < -0.4 is 10.5 Å². The van der Waals surface area contributed by atoms with E-state index in [1.165, 1.54) is 0 Å². The van der Waals surface area contributed by atoms with Crippen LogP contribution in [0.4, 0.5) is 5.69 Å². The number of para-hydroxylation sites is 1. The zero-order chi connectivity index (χ0) is 13.9. The van der Waals surface area contributed by atoms with Crippen molar-refractivity contribution in [1.82, 2.24) is 0 Å². The Hall–Kier alpha value is -1.85. The maximum Gasteiger partial charge on any atom is 0.262 e. The summed E-state index contributed by atoms with van der Waals surface area (Å²) in [6, 6.07) is 13.9. The molecular weight excluding hydrogens is 260 g/mol. The van der Waals surface area contributed by atoms with Gasteiger partial charge in [-0.25, -0.2) is 8.42 Å². The second kappa shape index (κ2) is 5.42. The van der Waals surface area contributed by atoms with Gasteiger partial charge in [-0.2, -0.15) is 0 Å². The Balaban J connectivity index is 2.40. The van der Waals surface area contributed by atoms with Crippen molar-refractivity contribution in [2.45, 2.75) is 18.4 Å². The zero-order valence-corrected chi connectivity index (χ0v) is 11.4. The van der Waals surface area contributed by atoms with Crippen LogP contribution in [0.25, 0.3) is 0 Å². The fourth-order valence-electron chi connectivity index (χ4n) is 1.89. The lowest BCUT2D eigenvalue weighted by atomic mass is 10.1. The number of nitrogens with one attached hydrogen (secondary N) is 1. The number of sulfonamides is 1. The predicted octanol–water partition coefficient (Wildman–Crippen LogP) is 2.25. The van der Waals surface area contributed by atoms with Crippen molar-refractivity contribution in [3.05, 3.63) is 59.7 Å². The molecule has 100 valence electrons. The molecule has 0 aliphatic carbocycles.